The number of hydrogen-bond donors (Lipinski definition) is 2. The number of phenolic OH excluding ortho intramolecular Hbond substituents is 1. The van der Waals surface area contributed by atoms with Crippen LogP contribution in [-0.2, 0) is 11.2 Å². The van der Waals surface area contributed by atoms with Gasteiger partial charge in [-0.2, -0.15) is 0 Å². The molecule has 1 aliphatic rings. The molecule has 1 unspecified atom stereocenters. The molecule has 0 bridgehead atoms. The molecule has 16 heavy (non-hydrogen) atoms. The van der Waals surface area contributed by atoms with Crippen LogP contribution >= 0.6 is 0 Å². The minimum absolute atomic E-state index is 0.00199. The van der Waals surface area contributed by atoms with Crippen LogP contribution in [0.15, 0.2) is 24.3 Å². The Bertz CT molecular complexity index is 392. The Morgan fingerprint density at radius 2 is 2.31 bits per heavy atom. The molecule has 86 valence electrons. The molecular formula is C12H15NO3. The number of carbonyl (C=O) groups excluding carboxylic acids is 1. The maximum absolute atomic E-state index is 11.8. The summed E-state index contributed by atoms with van der Waals surface area (Å²) in [7, 11) is 0. The van der Waals surface area contributed by atoms with Gasteiger partial charge in [0.2, 0.25) is 5.91 Å². The summed E-state index contributed by atoms with van der Waals surface area (Å²) < 4.78 is 0. The molecule has 1 atom stereocenters. The third-order valence-corrected chi connectivity index (χ3v) is 2.78. The Kier molecular flexibility index (Phi) is 3.10. The van der Waals surface area contributed by atoms with E-state index in [1.54, 1.807) is 23.1 Å². The average molecular weight is 221 g/mol. The van der Waals surface area contributed by atoms with Crippen molar-refractivity contribution < 1.29 is 15.0 Å². The van der Waals surface area contributed by atoms with Crippen molar-refractivity contribution in [3.8, 4) is 5.75 Å². The molecule has 1 fully saturated rings. The van der Waals surface area contributed by atoms with Crippen molar-refractivity contribution in [3.63, 3.8) is 0 Å². The number of hydrogen-bond acceptors (Lipinski definition) is 3. The maximum atomic E-state index is 11.8. The Hall–Kier alpha value is -1.55. The first-order valence-corrected chi connectivity index (χ1v) is 5.39. The molecule has 0 aliphatic carbocycles. The lowest BCUT2D eigenvalue weighted by atomic mass is 10.1. The minimum atomic E-state index is -0.381. The Morgan fingerprint density at radius 3 is 2.94 bits per heavy atom. The molecule has 4 heteroatoms. The van der Waals surface area contributed by atoms with Crippen molar-refractivity contribution in [2.75, 3.05) is 13.1 Å². The molecule has 1 saturated heterocycles. The van der Waals surface area contributed by atoms with Crippen LogP contribution in [0, 0.1) is 0 Å². The molecular weight excluding hydrogens is 206 g/mol. The van der Waals surface area contributed by atoms with Crippen molar-refractivity contribution in [2.45, 2.75) is 18.9 Å². The molecule has 0 radical (unpaired) electrons. The highest BCUT2D eigenvalue weighted by Gasteiger charge is 2.24. The van der Waals surface area contributed by atoms with E-state index < -0.39 is 0 Å². The molecule has 1 aromatic rings. The van der Waals surface area contributed by atoms with Gasteiger partial charge in [-0.05, 0) is 24.1 Å². The molecule has 1 aromatic carbocycles. The summed E-state index contributed by atoms with van der Waals surface area (Å²) in [5.74, 6) is 0.175. The summed E-state index contributed by atoms with van der Waals surface area (Å²) in [5.41, 5.74) is 0.798. The lowest BCUT2D eigenvalue weighted by Crippen LogP contribution is -2.30. The number of aliphatic hydroxyl groups excluding tert-OH is 1. The van der Waals surface area contributed by atoms with E-state index in [0.717, 1.165) is 5.56 Å². The number of β-amino-alcohol motifs (C(OH)–C–C–N with tert-alkyl or cyclic N) is 1. The predicted octanol–water partition coefficient (Wildman–Crippen LogP) is 0.528. The average Bonchev–Trinajstić information content (AvgIpc) is 2.65. The van der Waals surface area contributed by atoms with Crippen LogP contribution in [0.2, 0.25) is 0 Å². The van der Waals surface area contributed by atoms with Crippen LogP contribution in [0.4, 0.5) is 0 Å². The van der Waals surface area contributed by atoms with E-state index in [0.29, 0.717) is 19.5 Å². The third kappa shape index (κ3) is 2.52. The van der Waals surface area contributed by atoms with Crippen LogP contribution in [0.3, 0.4) is 0 Å². The van der Waals surface area contributed by atoms with Crippen molar-refractivity contribution in [1.82, 2.24) is 4.90 Å². The monoisotopic (exact) mass is 221 g/mol. The third-order valence-electron chi connectivity index (χ3n) is 2.78. The van der Waals surface area contributed by atoms with Crippen LogP contribution in [0.25, 0.3) is 0 Å². The smallest absolute Gasteiger partial charge is 0.227 e. The van der Waals surface area contributed by atoms with E-state index in [-0.39, 0.29) is 24.2 Å². The molecule has 4 nitrogen and oxygen atoms in total. The first-order chi connectivity index (χ1) is 7.65. The van der Waals surface area contributed by atoms with E-state index in [2.05, 4.69) is 0 Å². The summed E-state index contributed by atoms with van der Waals surface area (Å²) in [6.07, 6.45) is 0.556. The molecule has 1 aliphatic heterocycles. The fourth-order valence-electron chi connectivity index (χ4n) is 1.92. The zero-order valence-electron chi connectivity index (χ0n) is 8.97. The second kappa shape index (κ2) is 4.53. The second-order valence-corrected chi connectivity index (χ2v) is 4.13. The van der Waals surface area contributed by atoms with Crippen LogP contribution in [0.5, 0.6) is 5.75 Å². The first-order valence-electron chi connectivity index (χ1n) is 5.39. The standard InChI is InChI=1S/C12H15NO3/c14-10-3-1-2-9(6-10)7-12(16)13-5-4-11(15)8-13/h1-3,6,11,14-15H,4-5,7-8H2. The number of aromatic hydroxyl groups is 1. The summed E-state index contributed by atoms with van der Waals surface area (Å²) in [6, 6.07) is 6.69. The van der Waals surface area contributed by atoms with Gasteiger partial charge in [-0.3, -0.25) is 4.79 Å². The van der Waals surface area contributed by atoms with E-state index in [9.17, 15) is 15.0 Å². The van der Waals surface area contributed by atoms with Crippen molar-refractivity contribution in [3.05, 3.63) is 29.8 Å². The van der Waals surface area contributed by atoms with Gasteiger partial charge in [0, 0.05) is 13.1 Å². The highest BCUT2D eigenvalue weighted by Crippen LogP contribution is 2.14. The molecule has 0 spiro atoms. The number of rotatable bonds is 2. The zero-order valence-corrected chi connectivity index (χ0v) is 8.97. The molecule has 1 heterocycles. The summed E-state index contributed by atoms with van der Waals surface area (Å²) >= 11 is 0. The fourth-order valence-corrected chi connectivity index (χ4v) is 1.92. The zero-order chi connectivity index (χ0) is 11.5. The normalized spacial score (nSPS) is 20.1. The molecule has 0 aromatic heterocycles. The second-order valence-electron chi connectivity index (χ2n) is 4.13. The Morgan fingerprint density at radius 1 is 1.50 bits per heavy atom. The SMILES string of the molecule is O=C(Cc1cccc(O)c1)N1CCC(O)C1. The van der Waals surface area contributed by atoms with E-state index in [1.807, 2.05) is 6.07 Å². The van der Waals surface area contributed by atoms with E-state index in [4.69, 9.17) is 0 Å². The van der Waals surface area contributed by atoms with Gasteiger partial charge < -0.3 is 15.1 Å². The lowest BCUT2D eigenvalue weighted by molar-refractivity contribution is -0.129. The van der Waals surface area contributed by atoms with Gasteiger partial charge in [0.25, 0.3) is 0 Å². The molecule has 2 rings (SSSR count). The topological polar surface area (TPSA) is 60.8 Å². The highest BCUT2D eigenvalue weighted by atomic mass is 16.3. The summed E-state index contributed by atoms with van der Waals surface area (Å²) in [6.45, 7) is 1.05. The minimum Gasteiger partial charge on any atom is -0.508 e. The largest absolute Gasteiger partial charge is 0.508 e. The quantitative estimate of drug-likeness (QED) is 0.765. The van der Waals surface area contributed by atoms with Crippen molar-refractivity contribution >= 4 is 5.91 Å². The highest BCUT2D eigenvalue weighted by molar-refractivity contribution is 5.79. The van der Waals surface area contributed by atoms with E-state index in [1.165, 1.54) is 0 Å². The van der Waals surface area contributed by atoms with Crippen LogP contribution < -0.4 is 0 Å². The van der Waals surface area contributed by atoms with Crippen molar-refractivity contribution in [2.24, 2.45) is 0 Å². The number of carbonyl (C=O) groups is 1. The number of likely N-dealkylation sites (tertiary alicyclic amines) is 1. The number of amides is 1. The van der Waals surface area contributed by atoms with Gasteiger partial charge >= 0.3 is 0 Å². The van der Waals surface area contributed by atoms with Gasteiger partial charge in [-0.15, -0.1) is 0 Å². The Balaban J connectivity index is 1.97. The molecule has 0 saturated carbocycles. The summed E-state index contributed by atoms with van der Waals surface area (Å²) in [5, 5.41) is 18.6. The van der Waals surface area contributed by atoms with Gasteiger partial charge in [0.15, 0.2) is 0 Å². The van der Waals surface area contributed by atoms with Gasteiger partial charge in [-0.1, -0.05) is 12.1 Å². The van der Waals surface area contributed by atoms with Gasteiger partial charge in [-0.25, -0.2) is 0 Å². The lowest BCUT2D eigenvalue weighted by Gasteiger charge is -2.15. The molecule has 2 N–H and O–H groups in total. The van der Waals surface area contributed by atoms with Gasteiger partial charge in [0.05, 0.1) is 12.5 Å². The first kappa shape index (κ1) is 11.0. The van der Waals surface area contributed by atoms with Crippen LogP contribution in [-0.4, -0.2) is 40.2 Å². The fraction of sp³-hybridized carbons (Fsp3) is 0.417. The van der Waals surface area contributed by atoms with Crippen molar-refractivity contribution in [1.29, 1.82) is 0 Å². The maximum Gasteiger partial charge on any atom is 0.227 e. The van der Waals surface area contributed by atoms with Gasteiger partial charge in [0.1, 0.15) is 5.75 Å². The Labute approximate surface area is 94.1 Å². The number of nitrogens with zero attached hydrogens (tertiary/aromatic N) is 1. The predicted molar refractivity (Wildman–Crippen MR) is 59.0 cm³/mol. The van der Waals surface area contributed by atoms with Crippen LogP contribution in [0.1, 0.15) is 12.0 Å². The number of phenols is 1. The van der Waals surface area contributed by atoms with E-state index >= 15 is 0 Å². The summed E-state index contributed by atoms with van der Waals surface area (Å²) in [4.78, 5) is 13.5. The number of benzene rings is 1. The molecule has 1 amide bonds. The number of aliphatic hydroxyl groups is 1.